The van der Waals surface area contributed by atoms with E-state index in [4.69, 9.17) is 5.84 Å². The minimum atomic E-state index is -0.585. The molecule has 0 aromatic heterocycles. The second kappa shape index (κ2) is 7.41. The Labute approximate surface area is 117 Å². The molecule has 20 heavy (non-hydrogen) atoms. The molecular weight excluding hydrogens is 262 g/mol. The highest BCUT2D eigenvalue weighted by molar-refractivity contribution is 5.95. The van der Waals surface area contributed by atoms with Gasteiger partial charge in [-0.25, -0.2) is 0 Å². The first-order chi connectivity index (χ1) is 9.45. The number of hydrogen-bond donors (Lipinski definition) is 3. The molecule has 0 spiro atoms. The van der Waals surface area contributed by atoms with Gasteiger partial charge in [-0.3, -0.25) is 20.8 Å². The monoisotopic (exact) mass is 281 g/mol. The smallest absolute Gasteiger partial charge is 0.294 e. The molecule has 8 nitrogen and oxygen atoms in total. The lowest BCUT2D eigenvalue weighted by molar-refractivity contribution is -0.384. The van der Waals surface area contributed by atoms with Crippen molar-refractivity contribution in [2.45, 2.75) is 6.42 Å². The van der Waals surface area contributed by atoms with Crippen LogP contribution in [0.2, 0.25) is 0 Å². The van der Waals surface area contributed by atoms with Crippen LogP contribution in [0.3, 0.4) is 0 Å². The molecule has 110 valence electrons. The average Bonchev–Trinajstić information content (AvgIpc) is 2.42. The number of carbonyl (C=O) groups is 1. The number of nitrogens with one attached hydrogen (secondary N) is 2. The van der Waals surface area contributed by atoms with Gasteiger partial charge in [0.25, 0.3) is 11.6 Å². The van der Waals surface area contributed by atoms with Gasteiger partial charge < -0.3 is 15.6 Å². The molecule has 0 aliphatic heterocycles. The summed E-state index contributed by atoms with van der Waals surface area (Å²) in [7, 11) is 3.90. The number of nitrogens with zero attached hydrogens (tertiary/aromatic N) is 2. The predicted octanol–water partition coefficient (Wildman–Crippen LogP) is 0.562. The Morgan fingerprint density at radius 3 is 2.70 bits per heavy atom. The molecule has 0 aliphatic carbocycles. The molecule has 1 aromatic rings. The fourth-order valence-electron chi connectivity index (χ4n) is 1.65. The van der Waals surface area contributed by atoms with Crippen LogP contribution in [0.1, 0.15) is 16.8 Å². The molecule has 0 aliphatic rings. The molecule has 0 radical (unpaired) electrons. The van der Waals surface area contributed by atoms with Gasteiger partial charge in [-0.1, -0.05) is 0 Å². The summed E-state index contributed by atoms with van der Waals surface area (Å²) >= 11 is 0. The Bertz CT molecular complexity index is 490. The third-order valence-corrected chi connectivity index (χ3v) is 2.68. The summed E-state index contributed by atoms with van der Waals surface area (Å²) < 4.78 is 0. The quantitative estimate of drug-likeness (QED) is 0.291. The van der Waals surface area contributed by atoms with Gasteiger partial charge in [-0.15, -0.1) is 0 Å². The number of anilines is 1. The Kier molecular flexibility index (Phi) is 5.88. The van der Waals surface area contributed by atoms with E-state index in [1.54, 1.807) is 0 Å². The van der Waals surface area contributed by atoms with Crippen LogP contribution in [0.5, 0.6) is 0 Å². The summed E-state index contributed by atoms with van der Waals surface area (Å²) in [4.78, 5) is 24.2. The molecule has 4 N–H and O–H groups in total. The molecule has 0 bridgehead atoms. The van der Waals surface area contributed by atoms with E-state index < -0.39 is 4.92 Å². The number of nitrogens with two attached hydrogens (primary N) is 1. The van der Waals surface area contributed by atoms with Crippen LogP contribution in [0.25, 0.3) is 0 Å². The van der Waals surface area contributed by atoms with Crippen LogP contribution >= 0.6 is 0 Å². The first-order valence-electron chi connectivity index (χ1n) is 6.13. The van der Waals surface area contributed by atoms with Gasteiger partial charge in [-0.05, 0) is 39.2 Å². The zero-order valence-corrected chi connectivity index (χ0v) is 11.5. The SMILES string of the molecule is CN(C)CCCNC(=O)c1ccc(NN)c([N+](=O)[O-])c1. The predicted molar refractivity (Wildman–Crippen MR) is 76.4 cm³/mol. The van der Waals surface area contributed by atoms with Gasteiger partial charge >= 0.3 is 0 Å². The van der Waals surface area contributed by atoms with Crippen molar-refractivity contribution < 1.29 is 9.72 Å². The van der Waals surface area contributed by atoms with Gasteiger partial charge in [0.05, 0.1) is 4.92 Å². The van der Waals surface area contributed by atoms with E-state index in [1.165, 1.54) is 18.2 Å². The van der Waals surface area contributed by atoms with Crippen LogP contribution < -0.4 is 16.6 Å². The van der Waals surface area contributed by atoms with Gasteiger partial charge in [0.2, 0.25) is 0 Å². The highest BCUT2D eigenvalue weighted by Gasteiger charge is 2.16. The molecule has 1 rings (SSSR count). The van der Waals surface area contributed by atoms with Crippen molar-refractivity contribution >= 4 is 17.3 Å². The van der Waals surface area contributed by atoms with E-state index in [0.29, 0.717) is 6.54 Å². The third-order valence-electron chi connectivity index (χ3n) is 2.68. The lowest BCUT2D eigenvalue weighted by Crippen LogP contribution is -2.27. The molecule has 0 heterocycles. The first-order valence-corrected chi connectivity index (χ1v) is 6.13. The summed E-state index contributed by atoms with van der Waals surface area (Å²) in [5.74, 6) is 4.84. The van der Waals surface area contributed by atoms with Crippen LogP contribution in [0, 0.1) is 10.1 Å². The van der Waals surface area contributed by atoms with Gasteiger partial charge in [0.15, 0.2) is 0 Å². The second-order valence-electron chi connectivity index (χ2n) is 4.55. The Morgan fingerprint density at radius 1 is 1.45 bits per heavy atom. The second-order valence-corrected chi connectivity index (χ2v) is 4.55. The lowest BCUT2D eigenvalue weighted by atomic mass is 10.1. The summed E-state index contributed by atoms with van der Waals surface area (Å²) in [6.45, 7) is 1.37. The zero-order valence-electron chi connectivity index (χ0n) is 11.5. The van der Waals surface area contributed by atoms with Gasteiger partial charge in [0.1, 0.15) is 5.69 Å². The van der Waals surface area contributed by atoms with Crippen LogP contribution in [0.4, 0.5) is 11.4 Å². The standard InChI is InChI=1S/C12H19N5O3/c1-16(2)7-3-6-14-12(18)9-4-5-10(15-13)11(8-9)17(19)20/h4-5,8,15H,3,6-7,13H2,1-2H3,(H,14,18). The van der Waals surface area contributed by atoms with Crippen molar-refractivity contribution in [1.29, 1.82) is 0 Å². The van der Waals surface area contributed by atoms with E-state index in [2.05, 4.69) is 10.7 Å². The maximum Gasteiger partial charge on any atom is 0.294 e. The number of nitrogen functional groups attached to an aromatic ring is 1. The van der Waals surface area contributed by atoms with Crippen molar-refractivity contribution in [3.8, 4) is 0 Å². The van der Waals surface area contributed by atoms with Crippen molar-refractivity contribution in [3.05, 3.63) is 33.9 Å². The fraction of sp³-hybridized carbons (Fsp3) is 0.417. The largest absolute Gasteiger partial charge is 0.352 e. The van der Waals surface area contributed by atoms with E-state index in [-0.39, 0.29) is 22.8 Å². The summed E-state index contributed by atoms with van der Waals surface area (Å²) in [6.07, 6.45) is 0.809. The van der Waals surface area contributed by atoms with Crippen LogP contribution in [-0.2, 0) is 0 Å². The highest BCUT2D eigenvalue weighted by atomic mass is 16.6. The maximum atomic E-state index is 11.9. The van der Waals surface area contributed by atoms with Crippen LogP contribution in [-0.4, -0.2) is 42.9 Å². The number of benzene rings is 1. The molecular formula is C12H19N5O3. The first kappa shape index (κ1) is 15.9. The topological polar surface area (TPSA) is 114 Å². The molecule has 0 saturated heterocycles. The number of hydrogen-bond acceptors (Lipinski definition) is 6. The molecule has 8 heteroatoms. The molecule has 1 amide bonds. The molecule has 0 saturated carbocycles. The van der Waals surface area contributed by atoms with Gasteiger partial charge in [-0.2, -0.15) is 0 Å². The minimum Gasteiger partial charge on any atom is -0.352 e. The molecule has 0 unspecified atom stereocenters. The number of nitro benzene ring substituents is 1. The highest BCUT2D eigenvalue weighted by Crippen LogP contribution is 2.24. The van der Waals surface area contributed by atoms with E-state index in [0.717, 1.165) is 13.0 Å². The zero-order chi connectivity index (χ0) is 15.1. The Morgan fingerprint density at radius 2 is 2.15 bits per heavy atom. The summed E-state index contributed by atoms with van der Waals surface area (Å²) in [5.41, 5.74) is 2.40. The number of nitro groups is 1. The normalized spacial score (nSPS) is 10.4. The lowest BCUT2D eigenvalue weighted by Gasteiger charge is -2.10. The molecule has 1 aromatic carbocycles. The fourth-order valence-corrected chi connectivity index (χ4v) is 1.65. The summed E-state index contributed by atoms with van der Waals surface area (Å²) in [6, 6.07) is 4.10. The molecule has 0 atom stereocenters. The van der Waals surface area contributed by atoms with Crippen molar-refractivity contribution in [3.63, 3.8) is 0 Å². The van der Waals surface area contributed by atoms with E-state index in [9.17, 15) is 14.9 Å². The van der Waals surface area contributed by atoms with Crippen LogP contribution in [0.15, 0.2) is 18.2 Å². The molecule has 0 fully saturated rings. The Balaban J connectivity index is 2.69. The number of amides is 1. The maximum absolute atomic E-state index is 11.9. The number of hydrazine groups is 1. The van der Waals surface area contributed by atoms with Crippen molar-refractivity contribution in [1.82, 2.24) is 10.2 Å². The number of rotatable bonds is 7. The van der Waals surface area contributed by atoms with Gasteiger partial charge in [0, 0.05) is 18.2 Å². The third kappa shape index (κ3) is 4.48. The van der Waals surface area contributed by atoms with Crippen molar-refractivity contribution in [2.24, 2.45) is 5.84 Å². The minimum absolute atomic E-state index is 0.166. The summed E-state index contributed by atoms with van der Waals surface area (Å²) in [5, 5.41) is 13.6. The average molecular weight is 281 g/mol. The van der Waals surface area contributed by atoms with E-state index >= 15 is 0 Å². The number of carbonyl (C=O) groups excluding carboxylic acids is 1. The van der Waals surface area contributed by atoms with Crippen molar-refractivity contribution in [2.75, 3.05) is 32.6 Å². The van der Waals surface area contributed by atoms with E-state index in [1.807, 2.05) is 19.0 Å². The Hall–Kier alpha value is -2.19.